The number of aromatic nitrogens is 1. The summed E-state index contributed by atoms with van der Waals surface area (Å²) in [6.07, 6.45) is 20.2. The Morgan fingerprint density at radius 3 is 1.52 bits per heavy atom. The van der Waals surface area contributed by atoms with Gasteiger partial charge in [-0.3, -0.25) is 14.6 Å². The van der Waals surface area contributed by atoms with E-state index >= 15 is 9.59 Å². The third-order valence-corrected chi connectivity index (χ3v) is 17.2. The Balaban J connectivity index is 1.16. The number of pyridine rings is 1. The van der Waals surface area contributed by atoms with Crippen LogP contribution in [0.4, 0.5) is 17.1 Å². The number of carboxylic acids is 1. The van der Waals surface area contributed by atoms with E-state index < -0.39 is 5.97 Å². The highest BCUT2D eigenvalue weighted by Gasteiger charge is 2.50. The lowest BCUT2D eigenvalue weighted by atomic mass is 9.98. The van der Waals surface area contributed by atoms with Crippen molar-refractivity contribution in [3.05, 3.63) is 160 Å². The Morgan fingerprint density at radius 2 is 1.05 bits per heavy atom. The number of carbonyl (C=O) groups is 3. The molecule has 83 heavy (non-hydrogen) atoms. The van der Waals surface area contributed by atoms with Gasteiger partial charge in [-0.25, -0.2) is 4.79 Å². The van der Waals surface area contributed by atoms with E-state index in [1.807, 2.05) is 34.1 Å². The third-order valence-electron chi connectivity index (χ3n) is 16.0. The highest BCUT2D eigenvalue weighted by atomic mass is 32.1. The van der Waals surface area contributed by atoms with Crippen LogP contribution in [0.15, 0.2) is 144 Å². The summed E-state index contributed by atoms with van der Waals surface area (Å²) >= 11 is 1.61. The number of carboxylic acid groups (broad SMARTS) is 1. The summed E-state index contributed by atoms with van der Waals surface area (Å²) in [6.45, 7) is 15.6. The van der Waals surface area contributed by atoms with Crippen LogP contribution in [0.25, 0.3) is 39.0 Å². The maximum atomic E-state index is 15.5. The molecule has 0 radical (unpaired) electrons. The number of unbranched alkanes of at least 4 members (excludes halogenated alkanes) is 8. The fraction of sp³-hybridized carbons (Fsp3) is 0.394. The van der Waals surface area contributed by atoms with E-state index in [4.69, 9.17) is 14.5 Å². The van der Waals surface area contributed by atoms with Gasteiger partial charge in [0.15, 0.2) is 0 Å². The maximum absolute atomic E-state index is 15.5. The highest BCUT2D eigenvalue weighted by Crippen LogP contribution is 2.49. The van der Waals surface area contributed by atoms with Gasteiger partial charge in [0.1, 0.15) is 23.1 Å². The largest absolute Gasteiger partial charge is 0.494 e. The summed E-state index contributed by atoms with van der Waals surface area (Å²) in [4.78, 5) is 55.4. The van der Waals surface area contributed by atoms with Gasteiger partial charge in [0.2, 0.25) is 0 Å². The number of rotatable bonds is 33. The van der Waals surface area contributed by atoms with Crippen LogP contribution in [0.2, 0.25) is 0 Å². The van der Waals surface area contributed by atoms with Crippen LogP contribution in [0, 0.1) is 23.2 Å². The molecule has 12 heteroatoms. The molecule has 0 spiro atoms. The number of thiophene rings is 1. The molecule has 2 amide bonds. The van der Waals surface area contributed by atoms with Crippen molar-refractivity contribution in [1.82, 2.24) is 14.8 Å². The van der Waals surface area contributed by atoms with E-state index in [1.165, 1.54) is 31.8 Å². The van der Waals surface area contributed by atoms with Gasteiger partial charge < -0.3 is 29.3 Å². The van der Waals surface area contributed by atoms with Crippen molar-refractivity contribution >= 4 is 63.7 Å². The Kier molecular flexibility index (Phi) is 22.6. The fourth-order valence-electron chi connectivity index (χ4n) is 11.1. The van der Waals surface area contributed by atoms with E-state index in [9.17, 15) is 15.2 Å². The number of benzene rings is 4. The van der Waals surface area contributed by atoms with Crippen molar-refractivity contribution in [2.24, 2.45) is 11.8 Å². The van der Waals surface area contributed by atoms with Gasteiger partial charge in [-0.05, 0) is 139 Å². The standard InChI is InChI=1S/C71H83N5O6S/c1-7-13-17-19-43-81-60-36-32-58(33-37-60)76(59-34-38-61(39-35-59)82-44-20-18-14-8-2)57-30-27-54(28-31-57)63-41-42-64(83-63)68-66-65(69(77)75(68)49-51(12-6)22-16-10-4)67(74(70(66)78)48-50(11-5)21-15-9-3)62-40-29-55(47-73-62)53-25-23-52(24-26-53)45-56(46-72)71(79)80/h23-42,45,47,50-51H,7-22,43-44,48-49H2,1-6H3,(H,79,80)/b56-45+. The molecule has 0 aliphatic carbocycles. The fourth-order valence-corrected chi connectivity index (χ4v) is 12.1. The Hall–Kier alpha value is -7.75. The number of hydrogen-bond acceptors (Lipinski definition) is 9. The minimum absolute atomic E-state index is 0.164. The van der Waals surface area contributed by atoms with E-state index in [2.05, 4.69) is 131 Å². The van der Waals surface area contributed by atoms with Crippen molar-refractivity contribution in [3.8, 4) is 39.1 Å². The molecule has 4 aromatic carbocycles. The number of amides is 2. The van der Waals surface area contributed by atoms with E-state index in [0.29, 0.717) is 60.1 Å². The van der Waals surface area contributed by atoms with Crippen molar-refractivity contribution in [1.29, 1.82) is 5.26 Å². The Labute approximate surface area is 497 Å². The van der Waals surface area contributed by atoms with Crippen LogP contribution in [0.3, 0.4) is 0 Å². The average molecular weight is 1130 g/mol. The number of ether oxygens (including phenoxy) is 2. The third kappa shape index (κ3) is 15.3. The first-order valence-corrected chi connectivity index (χ1v) is 31.4. The van der Waals surface area contributed by atoms with Gasteiger partial charge in [0.05, 0.1) is 46.3 Å². The van der Waals surface area contributed by atoms with Crippen LogP contribution >= 0.6 is 11.3 Å². The number of hydrogen-bond donors (Lipinski definition) is 1. The first kappa shape index (κ1) is 61.3. The SMILES string of the molecule is CCCCCCOc1ccc(N(c2ccc(OCCCCCC)cc2)c2ccc(-c3ccc(C4=C5C(=O)N(CC(CC)CCCC)C(c6ccc(-c7ccc(/C=C(\C#N)C(=O)O)cc7)cn6)=C5C(=O)N4CC(CC)CCCC)s3)cc2)cc1. The number of fused-ring (bicyclic) bond motifs is 1. The second-order valence-electron chi connectivity index (χ2n) is 22.0. The number of aliphatic carboxylic acids is 1. The summed E-state index contributed by atoms with van der Waals surface area (Å²) < 4.78 is 12.3. The minimum Gasteiger partial charge on any atom is -0.494 e. The molecule has 2 atom stereocenters. The van der Waals surface area contributed by atoms with Gasteiger partial charge in [-0.2, -0.15) is 5.26 Å². The minimum atomic E-state index is -1.28. The van der Waals surface area contributed by atoms with E-state index in [0.717, 1.165) is 132 Å². The van der Waals surface area contributed by atoms with Gasteiger partial charge in [-0.1, -0.05) is 161 Å². The number of nitrogens with zero attached hydrogens (tertiary/aromatic N) is 5. The molecule has 6 aromatic rings. The zero-order valence-corrected chi connectivity index (χ0v) is 50.4. The Bertz CT molecular complexity index is 3190. The summed E-state index contributed by atoms with van der Waals surface area (Å²) in [5.41, 5.74) is 8.57. The molecule has 8 rings (SSSR count). The first-order valence-electron chi connectivity index (χ1n) is 30.5. The van der Waals surface area contributed by atoms with Crippen LogP contribution in [0.5, 0.6) is 11.5 Å². The van der Waals surface area contributed by atoms with Crippen LogP contribution < -0.4 is 14.4 Å². The van der Waals surface area contributed by atoms with Gasteiger partial charge in [0, 0.05) is 46.8 Å². The highest BCUT2D eigenvalue weighted by molar-refractivity contribution is 7.16. The topological polar surface area (TPSA) is 136 Å². The number of carbonyl (C=O) groups excluding carboxylic acids is 2. The molecule has 2 aromatic heterocycles. The molecule has 11 nitrogen and oxygen atoms in total. The van der Waals surface area contributed by atoms with Gasteiger partial charge in [0.25, 0.3) is 11.8 Å². The lowest BCUT2D eigenvalue weighted by Crippen LogP contribution is -2.34. The lowest BCUT2D eigenvalue weighted by Gasteiger charge is -2.29. The maximum Gasteiger partial charge on any atom is 0.346 e. The Morgan fingerprint density at radius 1 is 0.578 bits per heavy atom. The number of nitriles is 1. The zero-order valence-electron chi connectivity index (χ0n) is 49.6. The second-order valence-corrected chi connectivity index (χ2v) is 23.1. The van der Waals surface area contributed by atoms with Crippen LogP contribution in [-0.2, 0) is 14.4 Å². The molecule has 2 aliphatic rings. The summed E-state index contributed by atoms with van der Waals surface area (Å²) in [5, 5.41) is 18.7. The van der Waals surface area contributed by atoms with E-state index in [1.54, 1.807) is 35.7 Å². The molecular weight excluding hydrogens is 1050 g/mol. The normalized spacial score (nSPS) is 14.1. The van der Waals surface area contributed by atoms with Crippen molar-refractivity contribution in [3.63, 3.8) is 0 Å². The van der Waals surface area contributed by atoms with Crippen molar-refractivity contribution in [2.45, 2.75) is 144 Å². The molecule has 4 heterocycles. The monoisotopic (exact) mass is 1130 g/mol. The summed E-state index contributed by atoms with van der Waals surface area (Å²) in [6, 6.07) is 42.4. The zero-order chi connectivity index (χ0) is 58.7. The molecule has 0 bridgehead atoms. The summed E-state index contributed by atoms with van der Waals surface area (Å²) in [5.74, 6) is 0.563. The molecule has 2 unspecified atom stereocenters. The van der Waals surface area contributed by atoms with E-state index in [-0.39, 0.29) is 29.2 Å². The van der Waals surface area contributed by atoms with Crippen molar-refractivity contribution in [2.75, 3.05) is 31.2 Å². The molecule has 0 fully saturated rings. The molecule has 0 saturated heterocycles. The predicted octanol–water partition coefficient (Wildman–Crippen LogP) is 18.1. The van der Waals surface area contributed by atoms with Crippen LogP contribution in [-0.4, -0.2) is 64.0 Å². The van der Waals surface area contributed by atoms with Gasteiger partial charge in [-0.15, -0.1) is 11.3 Å². The van der Waals surface area contributed by atoms with Crippen LogP contribution in [0.1, 0.15) is 160 Å². The second kappa shape index (κ2) is 30.5. The van der Waals surface area contributed by atoms with Gasteiger partial charge >= 0.3 is 5.97 Å². The average Bonchev–Trinajstić information content (AvgIpc) is 2.33. The molecule has 0 saturated carbocycles. The summed E-state index contributed by atoms with van der Waals surface area (Å²) in [7, 11) is 0. The molecular formula is C71H83N5O6S. The molecule has 1 N–H and O–H groups in total. The molecule has 2 aliphatic heterocycles. The molecule has 434 valence electrons. The smallest absolute Gasteiger partial charge is 0.346 e. The predicted molar refractivity (Wildman–Crippen MR) is 338 cm³/mol. The quantitative estimate of drug-likeness (QED) is 0.0243. The first-order chi connectivity index (χ1) is 40.5. The number of anilines is 3. The lowest BCUT2D eigenvalue weighted by molar-refractivity contribution is -0.132. The van der Waals surface area contributed by atoms with Crippen molar-refractivity contribution < 1.29 is 29.0 Å².